The van der Waals surface area contributed by atoms with Crippen molar-refractivity contribution >= 4 is 0 Å². The number of rotatable bonds is 5. The zero-order chi connectivity index (χ0) is 12.3. The zero-order valence-corrected chi connectivity index (χ0v) is 9.97. The molecule has 0 aromatic carbocycles. The van der Waals surface area contributed by atoms with Gasteiger partial charge < -0.3 is 5.32 Å². The zero-order valence-electron chi connectivity index (χ0n) is 9.97. The summed E-state index contributed by atoms with van der Waals surface area (Å²) in [5.74, 6) is 0. The van der Waals surface area contributed by atoms with Gasteiger partial charge in [-0.25, -0.2) is 0 Å². The minimum atomic E-state index is -4.06. The molecule has 6 heteroatoms. The van der Waals surface area contributed by atoms with Gasteiger partial charge in [0.25, 0.3) is 0 Å². The smallest absolute Gasteiger partial charge is 0.314 e. The van der Waals surface area contributed by atoms with Crippen LogP contribution in [0.1, 0.15) is 12.8 Å². The highest BCUT2D eigenvalue weighted by Crippen LogP contribution is 2.29. The molecule has 0 amide bonds. The number of halogens is 3. The molecule has 3 nitrogen and oxygen atoms in total. The highest BCUT2D eigenvalue weighted by atomic mass is 19.4. The Morgan fingerprint density at radius 1 is 1.18 bits per heavy atom. The molecule has 0 unspecified atom stereocenters. The van der Waals surface area contributed by atoms with E-state index in [0.29, 0.717) is 6.54 Å². The predicted molar refractivity (Wildman–Crippen MR) is 60.0 cm³/mol. The number of hydrogen-bond acceptors (Lipinski definition) is 3. The molecule has 1 saturated heterocycles. The number of nitrogens with one attached hydrogen (secondary N) is 1. The first-order valence-corrected chi connectivity index (χ1v) is 6.28. The van der Waals surface area contributed by atoms with E-state index in [-0.39, 0.29) is 6.04 Å². The Morgan fingerprint density at radius 3 is 2.35 bits per heavy atom. The van der Waals surface area contributed by atoms with Crippen LogP contribution in [0.4, 0.5) is 13.2 Å². The van der Waals surface area contributed by atoms with Crippen LogP contribution in [0.15, 0.2) is 0 Å². The first kappa shape index (κ1) is 13.1. The maximum atomic E-state index is 12.4. The molecule has 2 aliphatic rings. The van der Waals surface area contributed by atoms with Crippen molar-refractivity contribution in [2.45, 2.75) is 25.1 Å². The number of nitrogens with zero attached hydrogens (tertiary/aromatic N) is 2. The van der Waals surface area contributed by atoms with Gasteiger partial charge in [-0.15, -0.1) is 0 Å². The lowest BCUT2D eigenvalue weighted by atomic mass is 10.3. The van der Waals surface area contributed by atoms with Crippen LogP contribution < -0.4 is 5.32 Å². The van der Waals surface area contributed by atoms with Gasteiger partial charge in [-0.1, -0.05) is 0 Å². The second kappa shape index (κ2) is 5.54. The van der Waals surface area contributed by atoms with E-state index >= 15 is 0 Å². The summed E-state index contributed by atoms with van der Waals surface area (Å²) in [6.45, 7) is 4.35. The maximum absolute atomic E-state index is 12.4. The molecule has 1 aliphatic carbocycles. The van der Waals surface area contributed by atoms with Crippen LogP contribution in [0.5, 0.6) is 0 Å². The Hall–Kier alpha value is -0.330. The van der Waals surface area contributed by atoms with Crippen molar-refractivity contribution in [3.63, 3.8) is 0 Å². The molecular formula is C11H20F3N3. The minimum absolute atomic E-state index is 0.180. The van der Waals surface area contributed by atoms with E-state index in [4.69, 9.17) is 0 Å². The van der Waals surface area contributed by atoms with Gasteiger partial charge >= 0.3 is 6.18 Å². The molecule has 0 radical (unpaired) electrons. The van der Waals surface area contributed by atoms with Gasteiger partial charge in [0, 0.05) is 45.3 Å². The topological polar surface area (TPSA) is 18.5 Å². The summed E-state index contributed by atoms with van der Waals surface area (Å²) in [4.78, 5) is 3.84. The third kappa shape index (κ3) is 4.81. The molecule has 0 spiro atoms. The summed E-state index contributed by atoms with van der Waals surface area (Å²) in [5, 5.41) is 3.24. The number of alkyl halides is 3. The van der Waals surface area contributed by atoms with Crippen LogP contribution in [0.25, 0.3) is 0 Å². The van der Waals surface area contributed by atoms with Crippen molar-refractivity contribution in [3.05, 3.63) is 0 Å². The molecule has 0 atom stereocenters. The molecule has 1 aliphatic heterocycles. The van der Waals surface area contributed by atoms with E-state index in [0.717, 1.165) is 45.6 Å². The third-order valence-corrected chi connectivity index (χ3v) is 3.36. The second-order valence-corrected chi connectivity index (χ2v) is 4.91. The van der Waals surface area contributed by atoms with Gasteiger partial charge in [0.05, 0.1) is 6.54 Å². The Morgan fingerprint density at radius 2 is 1.82 bits per heavy atom. The summed E-state index contributed by atoms with van der Waals surface area (Å²) in [5.41, 5.74) is 0. The quantitative estimate of drug-likeness (QED) is 0.784. The van der Waals surface area contributed by atoms with E-state index in [1.807, 2.05) is 0 Å². The van der Waals surface area contributed by atoms with Gasteiger partial charge in [0.15, 0.2) is 0 Å². The van der Waals surface area contributed by atoms with Crippen LogP contribution in [0.2, 0.25) is 0 Å². The Bertz CT molecular complexity index is 235. The number of piperazine rings is 1. The monoisotopic (exact) mass is 251 g/mol. The van der Waals surface area contributed by atoms with Crippen molar-refractivity contribution in [2.24, 2.45) is 0 Å². The molecule has 100 valence electrons. The van der Waals surface area contributed by atoms with Crippen LogP contribution in [-0.2, 0) is 0 Å². The van der Waals surface area contributed by atoms with E-state index in [9.17, 15) is 13.2 Å². The lowest BCUT2D eigenvalue weighted by Crippen LogP contribution is -2.47. The summed E-state index contributed by atoms with van der Waals surface area (Å²) >= 11 is 0. The van der Waals surface area contributed by atoms with E-state index in [2.05, 4.69) is 10.2 Å². The van der Waals surface area contributed by atoms with Gasteiger partial charge in [-0.2, -0.15) is 13.2 Å². The highest BCUT2D eigenvalue weighted by Gasteiger charge is 2.37. The van der Waals surface area contributed by atoms with Gasteiger partial charge in [0.2, 0.25) is 0 Å². The highest BCUT2D eigenvalue weighted by molar-refractivity contribution is 4.86. The first-order chi connectivity index (χ1) is 8.04. The summed E-state index contributed by atoms with van der Waals surface area (Å²) < 4.78 is 37.2. The van der Waals surface area contributed by atoms with Gasteiger partial charge in [-0.05, 0) is 12.8 Å². The third-order valence-electron chi connectivity index (χ3n) is 3.36. The summed E-state index contributed by atoms with van der Waals surface area (Å²) in [6.07, 6.45) is -2.21. The standard InChI is InChI=1S/C11H20F3N3/c12-11(13,14)9-17(10-1-2-10)8-7-16-5-3-15-4-6-16/h10,15H,1-9H2. The largest absolute Gasteiger partial charge is 0.401 e. The SMILES string of the molecule is FC(F)(F)CN(CCN1CCNCC1)C1CC1. The van der Waals surface area contributed by atoms with Crippen molar-refractivity contribution in [3.8, 4) is 0 Å². The Labute approximate surface area is 99.9 Å². The van der Waals surface area contributed by atoms with Crippen LogP contribution >= 0.6 is 0 Å². The first-order valence-electron chi connectivity index (χ1n) is 6.28. The van der Waals surface area contributed by atoms with Crippen LogP contribution in [0, 0.1) is 0 Å². The lowest BCUT2D eigenvalue weighted by Gasteiger charge is -2.30. The molecule has 1 saturated carbocycles. The molecule has 0 bridgehead atoms. The Kier molecular flexibility index (Phi) is 4.27. The normalized spacial score (nSPS) is 23.3. The summed E-state index contributed by atoms with van der Waals surface area (Å²) in [7, 11) is 0. The van der Waals surface area contributed by atoms with Gasteiger partial charge in [-0.3, -0.25) is 9.80 Å². The average molecular weight is 251 g/mol. The fourth-order valence-electron chi connectivity index (χ4n) is 2.27. The van der Waals surface area contributed by atoms with E-state index in [1.165, 1.54) is 0 Å². The van der Waals surface area contributed by atoms with Crippen molar-refractivity contribution in [1.82, 2.24) is 15.1 Å². The fourth-order valence-corrected chi connectivity index (χ4v) is 2.27. The lowest BCUT2D eigenvalue weighted by molar-refractivity contribution is -0.147. The molecule has 1 heterocycles. The van der Waals surface area contributed by atoms with E-state index < -0.39 is 12.7 Å². The second-order valence-electron chi connectivity index (χ2n) is 4.91. The van der Waals surface area contributed by atoms with Crippen molar-refractivity contribution in [2.75, 3.05) is 45.8 Å². The average Bonchev–Trinajstić information content (AvgIpc) is 3.08. The molecular weight excluding hydrogens is 231 g/mol. The molecule has 0 aromatic heterocycles. The maximum Gasteiger partial charge on any atom is 0.401 e. The molecule has 0 aromatic rings. The number of hydrogen-bond donors (Lipinski definition) is 1. The molecule has 17 heavy (non-hydrogen) atoms. The van der Waals surface area contributed by atoms with Crippen molar-refractivity contribution in [1.29, 1.82) is 0 Å². The molecule has 2 fully saturated rings. The van der Waals surface area contributed by atoms with Crippen molar-refractivity contribution < 1.29 is 13.2 Å². The van der Waals surface area contributed by atoms with Crippen LogP contribution in [-0.4, -0.2) is 67.8 Å². The van der Waals surface area contributed by atoms with Crippen LogP contribution in [0.3, 0.4) is 0 Å². The Balaban J connectivity index is 1.73. The fraction of sp³-hybridized carbons (Fsp3) is 1.00. The predicted octanol–water partition coefficient (Wildman–Crippen LogP) is 0.918. The van der Waals surface area contributed by atoms with E-state index in [1.54, 1.807) is 4.90 Å². The minimum Gasteiger partial charge on any atom is -0.314 e. The molecule has 1 N–H and O–H groups in total. The summed E-state index contributed by atoms with van der Waals surface area (Å²) in [6, 6.07) is 0.180. The van der Waals surface area contributed by atoms with Gasteiger partial charge in [0.1, 0.15) is 0 Å². The molecule has 2 rings (SSSR count).